The summed E-state index contributed by atoms with van der Waals surface area (Å²) in [4.78, 5) is 12.3. The molecule has 1 heterocycles. The van der Waals surface area contributed by atoms with Crippen molar-refractivity contribution in [3.8, 4) is 0 Å². The van der Waals surface area contributed by atoms with Gasteiger partial charge in [-0.3, -0.25) is 4.79 Å². The van der Waals surface area contributed by atoms with Gasteiger partial charge >= 0.3 is 0 Å². The lowest BCUT2D eigenvalue weighted by Crippen LogP contribution is -2.44. The molecule has 3 atom stereocenters. The van der Waals surface area contributed by atoms with E-state index < -0.39 is 0 Å². The zero-order valence-electron chi connectivity index (χ0n) is 15.5. The summed E-state index contributed by atoms with van der Waals surface area (Å²) in [5.74, 6) is 1.70. The lowest BCUT2D eigenvalue weighted by molar-refractivity contribution is -0.119. The number of thioether (sulfide) groups is 1. The zero-order valence-corrected chi connectivity index (χ0v) is 17.1. The van der Waals surface area contributed by atoms with E-state index in [-0.39, 0.29) is 5.91 Å². The molecule has 26 heavy (non-hydrogen) atoms. The Balaban J connectivity index is 1.48. The lowest BCUT2D eigenvalue weighted by Gasteiger charge is -2.34. The second-order valence-corrected chi connectivity index (χ2v) is 9.24. The highest BCUT2D eigenvalue weighted by atomic mass is 32.2. The second kappa shape index (κ2) is 8.86. The van der Waals surface area contributed by atoms with Crippen molar-refractivity contribution in [1.82, 2.24) is 15.5 Å². The molecule has 7 heteroatoms. The topological polar surface area (TPSA) is 66.9 Å². The molecule has 1 aliphatic carbocycles. The van der Waals surface area contributed by atoms with Gasteiger partial charge in [0.05, 0.1) is 5.75 Å². The number of aryl methyl sites for hydroxylation is 1. The fourth-order valence-corrected chi connectivity index (χ4v) is 4.88. The van der Waals surface area contributed by atoms with Gasteiger partial charge in [-0.05, 0) is 36.8 Å². The predicted octanol–water partition coefficient (Wildman–Crippen LogP) is 4.62. The first-order valence-electron chi connectivity index (χ1n) is 9.11. The van der Waals surface area contributed by atoms with Crippen molar-refractivity contribution in [2.45, 2.75) is 50.4 Å². The molecule has 0 spiro atoms. The predicted molar refractivity (Wildman–Crippen MR) is 109 cm³/mol. The number of anilines is 2. The van der Waals surface area contributed by atoms with Crippen LogP contribution in [0.5, 0.6) is 0 Å². The third-order valence-electron chi connectivity index (χ3n) is 5.17. The molecule has 1 aromatic carbocycles. The number of para-hydroxylation sites is 1. The smallest absolute Gasteiger partial charge is 0.230 e. The summed E-state index contributed by atoms with van der Waals surface area (Å²) in [6.07, 6.45) is 3.56. The van der Waals surface area contributed by atoms with E-state index in [1.165, 1.54) is 35.9 Å². The average molecular weight is 391 g/mol. The number of carbonyl (C=O) groups excluding carboxylic acids is 1. The molecule has 2 N–H and O–H groups in total. The van der Waals surface area contributed by atoms with Gasteiger partial charge in [-0.25, -0.2) is 0 Å². The Hall–Kier alpha value is -1.60. The average Bonchev–Trinajstić information content (AvgIpc) is 3.07. The van der Waals surface area contributed by atoms with E-state index >= 15 is 0 Å². The van der Waals surface area contributed by atoms with Crippen LogP contribution in [0, 0.1) is 18.8 Å². The van der Waals surface area contributed by atoms with E-state index in [4.69, 9.17) is 0 Å². The van der Waals surface area contributed by atoms with E-state index in [0.29, 0.717) is 23.6 Å². The third-order valence-corrected chi connectivity index (χ3v) is 7.15. The monoisotopic (exact) mass is 390 g/mol. The molecule has 1 amide bonds. The highest BCUT2D eigenvalue weighted by molar-refractivity contribution is 8.01. The first-order valence-corrected chi connectivity index (χ1v) is 10.9. The first-order chi connectivity index (χ1) is 12.5. The number of amides is 1. The summed E-state index contributed by atoms with van der Waals surface area (Å²) < 4.78 is 0.807. The van der Waals surface area contributed by atoms with Gasteiger partial charge in [-0.1, -0.05) is 68.0 Å². The van der Waals surface area contributed by atoms with Crippen molar-refractivity contribution in [3.63, 3.8) is 0 Å². The molecule has 0 bridgehead atoms. The van der Waals surface area contributed by atoms with Crippen LogP contribution in [-0.4, -0.2) is 27.9 Å². The normalized spacial score (nSPS) is 22.8. The molecular weight excluding hydrogens is 364 g/mol. The Kier molecular flexibility index (Phi) is 6.53. The highest BCUT2D eigenvalue weighted by Crippen LogP contribution is 2.31. The Bertz CT molecular complexity index is 749. The second-order valence-electron chi connectivity index (χ2n) is 7.04. The maximum Gasteiger partial charge on any atom is 0.230 e. The zero-order chi connectivity index (χ0) is 18.5. The van der Waals surface area contributed by atoms with Crippen LogP contribution in [0.15, 0.2) is 28.6 Å². The Morgan fingerprint density at radius 3 is 2.88 bits per heavy atom. The maximum absolute atomic E-state index is 12.3. The molecule has 2 aromatic rings. The van der Waals surface area contributed by atoms with Crippen molar-refractivity contribution in [2.24, 2.45) is 11.8 Å². The molecule has 0 saturated heterocycles. The molecular formula is C19H26N4OS2. The number of hydrogen-bond donors (Lipinski definition) is 2. The van der Waals surface area contributed by atoms with Crippen LogP contribution >= 0.6 is 23.1 Å². The number of hydrogen-bond acceptors (Lipinski definition) is 6. The molecule has 5 nitrogen and oxygen atoms in total. The molecule has 3 rings (SSSR count). The van der Waals surface area contributed by atoms with Crippen molar-refractivity contribution < 1.29 is 4.79 Å². The van der Waals surface area contributed by atoms with E-state index in [9.17, 15) is 4.79 Å². The van der Waals surface area contributed by atoms with Crippen molar-refractivity contribution in [1.29, 1.82) is 0 Å². The maximum atomic E-state index is 12.3. The summed E-state index contributed by atoms with van der Waals surface area (Å²) in [6, 6.07) is 8.37. The molecule has 1 fully saturated rings. The molecule has 140 valence electrons. The van der Waals surface area contributed by atoms with E-state index in [1.54, 1.807) is 0 Å². The van der Waals surface area contributed by atoms with Crippen LogP contribution in [0.3, 0.4) is 0 Å². The summed E-state index contributed by atoms with van der Waals surface area (Å²) >= 11 is 2.92. The first kappa shape index (κ1) is 19.2. The summed E-state index contributed by atoms with van der Waals surface area (Å²) in [5.41, 5.74) is 2.19. The number of nitrogens with zero attached hydrogens (tertiary/aromatic N) is 2. The van der Waals surface area contributed by atoms with Gasteiger partial charge in [0, 0.05) is 11.7 Å². The van der Waals surface area contributed by atoms with E-state index in [0.717, 1.165) is 27.1 Å². The van der Waals surface area contributed by atoms with Gasteiger partial charge in [0.1, 0.15) is 0 Å². The van der Waals surface area contributed by atoms with Crippen LogP contribution in [0.25, 0.3) is 0 Å². The molecule has 1 aliphatic rings. The van der Waals surface area contributed by atoms with Gasteiger partial charge < -0.3 is 10.6 Å². The van der Waals surface area contributed by atoms with Crippen molar-refractivity contribution in [3.05, 3.63) is 29.8 Å². The molecule has 0 unspecified atom stereocenters. The minimum Gasteiger partial charge on any atom is -0.352 e. The number of nitrogens with one attached hydrogen (secondary N) is 2. The van der Waals surface area contributed by atoms with Crippen LogP contribution in [0.1, 0.15) is 38.7 Å². The Morgan fingerprint density at radius 1 is 1.27 bits per heavy atom. The Morgan fingerprint density at radius 2 is 2.08 bits per heavy atom. The van der Waals surface area contributed by atoms with Gasteiger partial charge in [0.15, 0.2) is 4.34 Å². The third kappa shape index (κ3) is 4.98. The minimum atomic E-state index is 0.0876. The summed E-state index contributed by atoms with van der Waals surface area (Å²) in [7, 11) is 0. The molecule has 0 aliphatic heterocycles. The lowest BCUT2D eigenvalue weighted by atomic mass is 9.78. The minimum absolute atomic E-state index is 0.0876. The summed E-state index contributed by atoms with van der Waals surface area (Å²) in [6.45, 7) is 6.58. The number of carbonyl (C=O) groups is 1. The fourth-order valence-electron chi connectivity index (χ4n) is 3.31. The van der Waals surface area contributed by atoms with Crippen LogP contribution in [-0.2, 0) is 4.79 Å². The van der Waals surface area contributed by atoms with Gasteiger partial charge in [0.25, 0.3) is 0 Å². The van der Waals surface area contributed by atoms with Crippen molar-refractivity contribution >= 4 is 39.8 Å². The van der Waals surface area contributed by atoms with E-state index in [1.807, 2.05) is 18.2 Å². The standard InChI is InChI=1S/C19H26N4OS2/c1-12-8-6-10-16(14(12)3)20-17(24)11-25-19-23-22-18(26-19)21-15-9-5-4-7-13(15)2/h4-5,7,9,12,14,16H,6,8,10-11H2,1-3H3,(H,20,24)(H,21,22)/t12-,14-,16+/m0/s1. The van der Waals surface area contributed by atoms with Gasteiger partial charge in [-0.15, -0.1) is 10.2 Å². The molecule has 0 radical (unpaired) electrons. The van der Waals surface area contributed by atoms with Crippen LogP contribution in [0.2, 0.25) is 0 Å². The van der Waals surface area contributed by atoms with Gasteiger partial charge in [-0.2, -0.15) is 0 Å². The number of aromatic nitrogens is 2. The van der Waals surface area contributed by atoms with Gasteiger partial charge in [0.2, 0.25) is 11.0 Å². The molecule has 1 saturated carbocycles. The SMILES string of the molecule is Cc1ccccc1Nc1nnc(SCC(=O)N[C@@H]2CCC[C@H](C)[C@@H]2C)s1. The number of rotatable bonds is 6. The fraction of sp³-hybridized carbons (Fsp3) is 0.526. The molecule has 1 aromatic heterocycles. The van der Waals surface area contributed by atoms with Crippen molar-refractivity contribution in [2.75, 3.05) is 11.1 Å². The number of benzene rings is 1. The largest absolute Gasteiger partial charge is 0.352 e. The van der Waals surface area contributed by atoms with Crippen LogP contribution in [0.4, 0.5) is 10.8 Å². The Labute approximate surface area is 163 Å². The summed E-state index contributed by atoms with van der Waals surface area (Å²) in [5, 5.41) is 15.6. The van der Waals surface area contributed by atoms with Crippen LogP contribution < -0.4 is 10.6 Å². The quantitative estimate of drug-likeness (QED) is 0.704. The highest BCUT2D eigenvalue weighted by Gasteiger charge is 2.28. The van der Waals surface area contributed by atoms with E-state index in [2.05, 4.69) is 47.7 Å².